The van der Waals surface area contributed by atoms with E-state index < -0.39 is 0 Å². The van der Waals surface area contributed by atoms with Crippen LogP contribution in [0.4, 0.5) is 6.01 Å². The second kappa shape index (κ2) is 6.37. The topological polar surface area (TPSA) is 67.6 Å². The fourth-order valence-corrected chi connectivity index (χ4v) is 2.49. The van der Waals surface area contributed by atoms with Crippen molar-refractivity contribution in [2.75, 3.05) is 31.1 Å². The van der Waals surface area contributed by atoms with Crippen LogP contribution in [-0.4, -0.2) is 43.2 Å². The standard InChI is InChI=1S/C15H16ClN3O3/c1-2-14(20)17-8-11-9-19(5-6-21-11)15-18-12-7-10(16)3-4-13(12)22-15/h2-4,7,11H,1,5-6,8-9H2,(H,17,20). The van der Waals surface area contributed by atoms with E-state index in [-0.39, 0.29) is 12.0 Å². The van der Waals surface area contributed by atoms with Gasteiger partial charge < -0.3 is 19.4 Å². The number of nitrogens with one attached hydrogen (secondary N) is 1. The van der Waals surface area contributed by atoms with E-state index in [9.17, 15) is 4.79 Å². The number of rotatable bonds is 4. The van der Waals surface area contributed by atoms with Crippen LogP contribution < -0.4 is 10.2 Å². The number of anilines is 1. The van der Waals surface area contributed by atoms with Gasteiger partial charge >= 0.3 is 0 Å². The number of amides is 1. The number of aromatic nitrogens is 1. The number of nitrogens with zero attached hydrogens (tertiary/aromatic N) is 2. The summed E-state index contributed by atoms with van der Waals surface area (Å²) in [5.41, 5.74) is 1.42. The molecule has 1 amide bonds. The minimum atomic E-state index is -0.211. The number of oxazole rings is 1. The lowest BCUT2D eigenvalue weighted by atomic mass is 10.3. The van der Waals surface area contributed by atoms with Gasteiger partial charge in [-0.2, -0.15) is 4.98 Å². The summed E-state index contributed by atoms with van der Waals surface area (Å²) in [5, 5.41) is 3.36. The first-order valence-electron chi connectivity index (χ1n) is 6.98. The van der Waals surface area contributed by atoms with Crippen LogP contribution in [-0.2, 0) is 9.53 Å². The summed E-state index contributed by atoms with van der Waals surface area (Å²) >= 11 is 5.96. The number of hydrogen-bond acceptors (Lipinski definition) is 5. The Kier molecular flexibility index (Phi) is 4.31. The number of morpholine rings is 1. The summed E-state index contributed by atoms with van der Waals surface area (Å²) in [5.74, 6) is -0.211. The summed E-state index contributed by atoms with van der Waals surface area (Å²) in [6.07, 6.45) is 1.13. The lowest BCUT2D eigenvalue weighted by Crippen LogP contribution is -2.47. The maximum atomic E-state index is 11.2. The molecule has 1 N–H and O–H groups in total. The zero-order valence-electron chi connectivity index (χ0n) is 11.9. The van der Waals surface area contributed by atoms with Gasteiger partial charge in [-0.25, -0.2) is 0 Å². The molecule has 0 aliphatic carbocycles. The molecular formula is C15H16ClN3O3. The molecule has 1 aromatic carbocycles. The van der Waals surface area contributed by atoms with Gasteiger partial charge in [0.1, 0.15) is 5.52 Å². The summed E-state index contributed by atoms with van der Waals surface area (Å²) in [7, 11) is 0. The number of fused-ring (bicyclic) bond motifs is 1. The SMILES string of the molecule is C=CC(=O)NCC1CN(c2nc3cc(Cl)ccc3o2)CCO1. The molecule has 22 heavy (non-hydrogen) atoms. The Balaban J connectivity index is 1.70. The molecule has 7 heteroatoms. The molecule has 116 valence electrons. The summed E-state index contributed by atoms with van der Waals surface area (Å²) in [4.78, 5) is 17.7. The van der Waals surface area contributed by atoms with Gasteiger partial charge in [0.2, 0.25) is 5.91 Å². The van der Waals surface area contributed by atoms with Gasteiger partial charge in [-0.05, 0) is 24.3 Å². The number of benzene rings is 1. The van der Waals surface area contributed by atoms with Crippen molar-refractivity contribution in [2.24, 2.45) is 0 Å². The van der Waals surface area contributed by atoms with Crippen molar-refractivity contribution >= 4 is 34.6 Å². The largest absolute Gasteiger partial charge is 0.423 e. The first-order valence-corrected chi connectivity index (χ1v) is 7.36. The highest BCUT2D eigenvalue weighted by molar-refractivity contribution is 6.31. The molecule has 2 aromatic rings. The number of hydrogen-bond donors (Lipinski definition) is 1. The van der Waals surface area contributed by atoms with Crippen molar-refractivity contribution in [1.29, 1.82) is 0 Å². The second-order valence-electron chi connectivity index (χ2n) is 5.00. The predicted octanol–water partition coefficient (Wildman–Crippen LogP) is 1.99. The third-order valence-electron chi connectivity index (χ3n) is 3.44. The van der Waals surface area contributed by atoms with Gasteiger partial charge in [-0.3, -0.25) is 4.79 Å². The number of halogens is 1. The number of carbonyl (C=O) groups is 1. The zero-order chi connectivity index (χ0) is 15.5. The van der Waals surface area contributed by atoms with E-state index in [1.54, 1.807) is 18.2 Å². The van der Waals surface area contributed by atoms with Crippen molar-refractivity contribution in [3.8, 4) is 0 Å². The van der Waals surface area contributed by atoms with Crippen LogP contribution in [0.25, 0.3) is 11.1 Å². The molecule has 0 bridgehead atoms. The minimum Gasteiger partial charge on any atom is -0.423 e. The lowest BCUT2D eigenvalue weighted by Gasteiger charge is -2.31. The normalized spacial score (nSPS) is 18.4. The fraction of sp³-hybridized carbons (Fsp3) is 0.333. The first kappa shape index (κ1) is 14.9. The van der Waals surface area contributed by atoms with Gasteiger partial charge in [0.05, 0.1) is 19.3 Å². The fourth-order valence-electron chi connectivity index (χ4n) is 2.33. The van der Waals surface area contributed by atoms with Crippen LogP contribution in [0.15, 0.2) is 35.3 Å². The Morgan fingerprint density at radius 1 is 1.59 bits per heavy atom. The molecule has 0 saturated carbocycles. The quantitative estimate of drug-likeness (QED) is 0.872. The Bertz CT molecular complexity index is 700. The Morgan fingerprint density at radius 3 is 3.27 bits per heavy atom. The summed E-state index contributed by atoms with van der Waals surface area (Å²) in [6.45, 7) is 5.68. The molecule has 1 aliphatic heterocycles. The van der Waals surface area contributed by atoms with Gasteiger partial charge in [0.25, 0.3) is 6.01 Å². The molecule has 1 aromatic heterocycles. The van der Waals surface area contributed by atoms with E-state index in [0.29, 0.717) is 42.9 Å². The third-order valence-corrected chi connectivity index (χ3v) is 3.67. The van der Waals surface area contributed by atoms with Crippen molar-refractivity contribution in [3.05, 3.63) is 35.9 Å². The molecule has 0 spiro atoms. The molecular weight excluding hydrogens is 306 g/mol. The van der Waals surface area contributed by atoms with E-state index in [1.807, 2.05) is 4.90 Å². The summed E-state index contributed by atoms with van der Waals surface area (Å²) < 4.78 is 11.4. The van der Waals surface area contributed by atoms with E-state index >= 15 is 0 Å². The van der Waals surface area contributed by atoms with Crippen LogP contribution in [0.2, 0.25) is 5.02 Å². The van der Waals surface area contributed by atoms with Crippen LogP contribution in [0.3, 0.4) is 0 Å². The van der Waals surface area contributed by atoms with Crippen LogP contribution >= 0.6 is 11.6 Å². The Hall–Kier alpha value is -2.05. The molecule has 3 rings (SSSR count). The van der Waals surface area contributed by atoms with Crippen molar-refractivity contribution < 1.29 is 13.9 Å². The van der Waals surface area contributed by atoms with Crippen LogP contribution in [0, 0.1) is 0 Å². The van der Waals surface area contributed by atoms with E-state index in [4.69, 9.17) is 20.8 Å². The minimum absolute atomic E-state index is 0.115. The lowest BCUT2D eigenvalue weighted by molar-refractivity contribution is -0.117. The first-order chi connectivity index (χ1) is 10.7. The van der Waals surface area contributed by atoms with E-state index in [1.165, 1.54) is 6.08 Å². The van der Waals surface area contributed by atoms with Crippen molar-refractivity contribution in [3.63, 3.8) is 0 Å². The Labute approximate surface area is 132 Å². The molecule has 1 aliphatic rings. The predicted molar refractivity (Wildman–Crippen MR) is 84.2 cm³/mol. The Morgan fingerprint density at radius 2 is 2.45 bits per heavy atom. The maximum absolute atomic E-state index is 11.2. The monoisotopic (exact) mass is 321 g/mol. The van der Waals surface area contributed by atoms with Crippen molar-refractivity contribution in [1.82, 2.24) is 10.3 Å². The smallest absolute Gasteiger partial charge is 0.298 e. The highest BCUT2D eigenvalue weighted by Gasteiger charge is 2.24. The zero-order valence-corrected chi connectivity index (χ0v) is 12.7. The van der Waals surface area contributed by atoms with Gasteiger partial charge in [-0.15, -0.1) is 0 Å². The number of ether oxygens (including phenoxy) is 1. The van der Waals surface area contributed by atoms with Gasteiger partial charge in [0.15, 0.2) is 5.58 Å². The second-order valence-corrected chi connectivity index (χ2v) is 5.43. The van der Waals surface area contributed by atoms with Gasteiger partial charge in [0, 0.05) is 18.1 Å². The van der Waals surface area contributed by atoms with Gasteiger partial charge in [-0.1, -0.05) is 18.2 Å². The molecule has 6 nitrogen and oxygen atoms in total. The molecule has 1 atom stereocenters. The molecule has 1 saturated heterocycles. The summed E-state index contributed by atoms with van der Waals surface area (Å²) in [6, 6.07) is 5.88. The molecule has 2 heterocycles. The average molecular weight is 322 g/mol. The van der Waals surface area contributed by atoms with Crippen molar-refractivity contribution in [2.45, 2.75) is 6.10 Å². The highest BCUT2D eigenvalue weighted by Crippen LogP contribution is 2.25. The molecule has 0 radical (unpaired) electrons. The maximum Gasteiger partial charge on any atom is 0.298 e. The number of carbonyl (C=O) groups excluding carboxylic acids is 1. The third kappa shape index (κ3) is 3.23. The van der Waals surface area contributed by atoms with E-state index in [0.717, 1.165) is 5.52 Å². The average Bonchev–Trinajstić information content (AvgIpc) is 2.96. The van der Waals surface area contributed by atoms with Crippen LogP contribution in [0.1, 0.15) is 0 Å². The highest BCUT2D eigenvalue weighted by atomic mass is 35.5. The van der Waals surface area contributed by atoms with E-state index in [2.05, 4.69) is 16.9 Å². The molecule has 1 fully saturated rings. The molecule has 1 unspecified atom stereocenters. The van der Waals surface area contributed by atoms with Crippen LogP contribution in [0.5, 0.6) is 0 Å².